The molecule has 7 heteroatoms. The molecule has 3 aromatic rings. The molecule has 140 valence electrons. The molecule has 7 nitrogen and oxygen atoms in total. The summed E-state index contributed by atoms with van der Waals surface area (Å²) in [5, 5.41) is 3.03. The van der Waals surface area contributed by atoms with Gasteiger partial charge in [-0.2, -0.15) is 0 Å². The Morgan fingerprint density at radius 3 is 2.89 bits per heavy atom. The van der Waals surface area contributed by atoms with Gasteiger partial charge in [0.25, 0.3) is 0 Å². The molecule has 2 unspecified atom stereocenters. The third-order valence-corrected chi connectivity index (χ3v) is 4.91. The number of benzene rings is 1. The van der Waals surface area contributed by atoms with E-state index in [9.17, 15) is 4.79 Å². The SMILES string of the molecule is CC(C)n1c(CNC(=O)C2CC(c3cccnc3)NN2)nc2ccccc21. The number of nitrogens with one attached hydrogen (secondary N) is 3. The lowest BCUT2D eigenvalue weighted by atomic mass is 10.0. The van der Waals surface area contributed by atoms with Gasteiger partial charge in [0.1, 0.15) is 11.9 Å². The average Bonchev–Trinajstić information content (AvgIpc) is 3.31. The number of pyridine rings is 1. The third-order valence-electron chi connectivity index (χ3n) is 4.91. The lowest BCUT2D eigenvalue weighted by Crippen LogP contribution is -2.43. The Hall–Kier alpha value is -2.77. The number of nitrogens with zero attached hydrogens (tertiary/aromatic N) is 3. The second-order valence-corrected chi connectivity index (χ2v) is 7.11. The van der Waals surface area contributed by atoms with Crippen molar-refractivity contribution >= 4 is 16.9 Å². The minimum Gasteiger partial charge on any atom is -0.347 e. The largest absolute Gasteiger partial charge is 0.347 e. The zero-order valence-corrected chi connectivity index (χ0v) is 15.5. The molecule has 0 bridgehead atoms. The normalized spacial score (nSPS) is 19.7. The number of aromatic nitrogens is 3. The van der Waals surface area contributed by atoms with Gasteiger partial charge in [-0.15, -0.1) is 0 Å². The van der Waals surface area contributed by atoms with Crippen molar-refractivity contribution in [3.63, 3.8) is 0 Å². The number of fused-ring (bicyclic) bond motifs is 1. The fourth-order valence-corrected chi connectivity index (χ4v) is 3.61. The number of hydrogen-bond acceptors (Lipinski definition) is 5. The average molecular weight is 364 g/mol. The van der Waals surface area contributed by atoms with Crippen molar-refractivity contribution in [1.29, 1.82) is 0 Å². The number of carbonyl (C=O) groups excluding carboxylic acids is 1. The topological polar surface area (TPSA) is 83.9 Å². The molecule has 0 saturated carbocycles. The first-order valence-electron chi connectivity index (χ1n) is 9.28. The highest BCUT2D eigenvalue weighted by molar-refractivity contribution is 5.82. The molecule has 3 N–H and O–H groups in total. The van der Waals surface area contributed by atoms with Crippen molar-refractivity contribution in [1.82, 2.24) is 30.7 Å². The summed E-state index contributed by atoms with van der Waals surface area (Å²) < 4.78 is 2.17. The summed E-state index contributed by atoms with van der Waals surface area (Å²) >= 11 is 0. The minimum atomic E-state index is -0.285. The van der Waals surface area contributed by atoms with E-state index in [-0.39, 0.29) is 24.0 Å². The highest BCUT2D eigenvalue weighted by atomic mass is 16.2. The van der Waals surface area contributed by atoms with E-state index in [2.05, 4.69) is 45.6 Å². The zero-order chi connectivity index (χ0) is 18.8. The molecule has 1 saturated heterocycles. The van der Waals surface area contributed by atoms with Crippen LogP contribution in [-0.4, -0.2) is 26.5 Å². The number of imidazole rings is 1. The van der Waals surface area contributed by atoms with Crippen molar-refractivity contribution in [2.75, 3.05) is 0 Å². The van der Waals surface area contributed by atoms with Crippen LogP contribution in [0.25, 0.3) is 11.0 Å². The van der Waals surface area contributed by atoms with Crippen LogP contribution in [-0.2, 0) is 11.3 Å². The van der Waals surface area contributed by atoms with Gasteiger partial charge in [0.05, 0.1) is 17.6 Å². The zero-order valence-electron chi connectivity index (χ0n) is 15.5. The minimum absolute atomic E-state index is 0.0312. The van der Waals surface area contributed by atoms with Crippen LogP contribution in [0.2, 0.25) is 0 Å². The van der Waals surface area contributed by atoms with Crippen LogP contribution in [0.3, 0.4) is 0 Å². The Kier molecular flexibility index (Phi) is 4.87. The second-order valence-electron chi connectivity index (χ2n) is 7.11. The van der Waals surface area contributed by atoms with E-state index in [0.717, 1.165) is 22.4 Å². The predicted molar refractivity (Wildman–Crippen MR) is 104 cm³/mol. The van der Waals surface area contributed by atoms with Crippen molar-refractivity contribution in [2.45, 2.75) is 44.9 Å². The maximum atomic E-state index is 12.6. The van der Waals surface area contributed by atoms with Crippen LogP contribution in [0.5, 0.6) is 0 Å². The van der Waals surface area contributed by atoms with Gasteiger partial charge in [0.2, 0.25) is 5.91 Å². The molecule has 0 radical (unpaired) electrons. The van der Waals surface area contributed by atoms with Gasteiger partial charge in [0.15, 0.2) is 0 Å². The third kappa shape index (κ3) is 3.56. The summed E-state index contributed by atoms with van der Waals surface area (Å²) in [6.07, 6.45) is 4.25. The Labute approximate surface area is 158 Å². The van der Waals surface area contributed by atoms with E-state index < -0.39 is 0 Å². The first-order valence-corrected chi connectivity index (χ1v) is 9.28. The molecule has 1 aliphatic heterocycles. The van der Waals surface area contributed by atoms with Crippen LogP contribution >= 0.6 is 0 Å². The van der Waals surface area contributed by atoms with Crippen LogP contribution in [0.1, 0.15) is 43.7 Å². The predicted octanol–water partition coefficient (Wildman–Crippen LogP) is 2.24. The van der Waals surface area contributed by atoms with Crippen LogP contribution in [0.15, 0.2) is 48.8 Å². The number of para-hydroxylation sites is 2. The smallest absolute Gasteiger partial charge is 0.238 e. The standard InChI is InChI=1S/C20H24N6O/c1-13(2)26-18-8-4-3-7-15(18)23-19(26)12-22-20(27)17-10-16(24-25-17)14-6-5-9-21-11-14/h3-9,11,13,16-17,24-25H,10,12H2,1-2H3,(H,22,27). The first kappa shape index (κ1) is 17.6. The monoisotopic (exact) mass is 364 g/mol. The molecule has 4 rings (SSSR count). The van der Waals surface area contributed by atoms with Gasteiger partial charge in [-0.3, -0.25) is 9.78 Å². The van der Waals surface area contributed by atoms with Gasteiger partial charge in [-0.05, 0) is 44.0 Å². The van der Waals surface area contributed by atoms with E-state index >= 15 is 0 Å². The van der Waals surface area contributed by atoms with Crippen LogP contribution < -0.4 is 16.2 Å². The number of rotatable bonds is 5. The quantitative estimate of drug-likeness (QED) is 0.647. The van der Waals surface area contributed by atoms with Gasteiger partial charge in [0, 0.05) is 24.5 Å². The Bertz CT molecular complexity index is 936. The van der Waals surface area contributed by atoms with Crippen molar-refractivity contribution in [3.8, 4) is 0 Å². The van der Waals surface area contributed by atoms with Gasteiger partial charge >= 0.3 is 0 Å². The highest BCUT2D eigenvalue weighted by Gasteiger charge is 2.30. The van der Waals surface area contributed by atoms with Gasteiger partial charge in [-0.25, -0.2) is 15.8 Å². The number of carbonyl (C=O) groups is 1. The summed E-state index contributed by atoms with van der Waals surface area (Å²) in [4.78, 5) is 21.5. The van der Waals surface area contributed by atoms with Gasteiger partial charge < -0.3 is 9.88 Å². The molecule has 0 spiro atoms. The molecule has 3 heterocycles. The van der Waals surface area contributed by atoms with E-state index in [4.69, 9.17) is 4.98 Å². The summed E-state index contributed by atoms with van der Waals surface area (Å²) in [5.41, 5.74) is 9.38. The van der Waals surface area contributed by atoms with E-state index in [1.807, 2.05) is 36.5 Å². The van der Waals surface area contributed by atoms with E-state index in [0.29, 0.717) is 13.0 Å². The van der Waals surface area contributed by atoms with E-state index in [1.165, 1.54) is 0 Å². The highest BCUT2D eigenvalue weighted by Crippen LogP contribution is 2.22. The number of amides is 1. The lowest BCUT2D eigenvalue weighted by molar-refractivity contribution is -0.123. The maximum absolute atomic E-state index is 12.6. The first-order chi connectivity index (χ1) is 13.1. The van der Waals surface area contributed by atoms with Crippen LogP contribution in [0.4, 0.5) is 0 Å². The fourth-order valence-electron chi connectivity index (χ4n) is 3.61. The van der Waals surface area contributed by atoms with E-state index in [1.54, 1.807) is 6.20 Å². The van der Waals surface area contributed by atoms with Crippen molar-refractivity contribution in [3.05, 3.63) is 60.2 Å². The lowest BCUT2D eigenvalue weighted by Gasteiger charge is -2.15. The Morgan fingerprint density at radius 1 is 1.26 bits per heavy atom. The molecule has 27 heavy (non-hydrogen) atoms. The molecule has 1 aliphatic rings. The molecular formula is C20H24N6O. The number of hydrogen-bond donors (Lipinski definition) is 3. The van der Waals surface area contributed by atoms with Crippen molar-refractivity contribution in [2.24, 2.45) is 0 Å². The summed E-state index contributed by atoms with van der Waals surface area (Å²) in [5.74, 6) is 0.838. The number of hydrazine groups is 1. The molecule has 1 fully saturated rings. The molecule has 2 atom stereocenters. The molecule has 1 aromatic carbocycles. The molecule has 1 amide bonds. The summed E-state index contributed by atoms with van der Waals surface area (Å²) in [7, 11) is 0. The molecule has 2 aromatic heterocycles. The Balaban J connectivity index is 1.43. The van der Waals surface area contributed by atoms with Gasteiger partial charge in [-0.1, -0.05) is 18.2 Å². The molecular weight excluding hydrogens is 340 g/mol. The van der Waals surface area contributed by atoms with Crippen LogP contribution in [0, 0.1) is 0 Å². The molecule has 0 aliphatic carbocycles. The summed E-state index contributed by atoms with van der Waals surface area (Å²) in [6.45, 7) is 4.65. The Morgan fingerprint density at radius 2 is 2.11 bits per heavy atom. The second kappa shape index (κ2) is 7.46. The maximum Gasteiger partial charge on any atom is 0.238 e. The summed E-state index contributed by atoms with van der Waals surface area (Å²) in [6, 6.07) is 12.0. The fraction of sp³-hybridized carbons (Fsp3) is 0.350. The van der Waals surface area contributed by atoms with Crippen molar-refractivity contribution < 1.29 is 4.79 Å².